The Bertz CT molecular complexity index is 254. The molecule has 0 aromatic carbocycles. The van der Waals surface area contributed by atoms with Crippen LogP contribution in [0, 0.1) is 10.8 Å². The first-order valence-corrected chi connectivity index (χ1v) is 7.33. The Morgan fingerprint density at radius 2 is 2.06 bits per heavy atom. The van der Waals surface area contributed by atoms with Gasteiger partial charge in [0.15, 0.2) is 0 Å². The molecule has 2 rings (SSSR count). The lowest BCUT2D eigenvalue weighted by molar-refractivity contribution is 0.135. The summed E-state index contributed by atoms with van der Waals surface area (Å²) in [6, 6.07) is 0.840. The molecule has 0 aromatic rings. The van der Waals surface area contributed by atoms with Gasteiger partial charge in [-0.2, -0.15) is 0 Å². The van der Waals surface area contributed by atoms with Crippen molar-refractivity contribution in [2.45, 2.75) is 59.4 Å². The topological polar surface area (TPSA) is 15.3 Å². The number of hydrogen-bond acceptors (Lipinski definition) is 2. The van der Waals surface area contributed by atoms with Gasteiger partial charge in [-0.25, -0.2) is 0 Å². The molecule has 0 aliphatic carbocycles. The monoisotopic (exact) mass is 274 g/mol. The van der Waals surface area contributed by atoms with Crippen LogP contribution in [0.25, 0.3) is 0 Å². The molecule has 0 spiro atoms. The highest BCUT2D eigenvalue weighted by atomic mass is 35.5. The number of likely N-dealkylation sites (tertiary alicyclic amines) is 1. The summed E-state index contributed by atoms with van der Waals surface area (Å²) in [6.07, 6.45) is 5.54. The third kappa shape index (κ3) is 4.40. The standard InChI is InChI=1S/C15H30N2.ClH/c1-14(2,3)10-13-6-5-9-17(13)12-15(4)7-8-16-11-15;/h13,16H,5-12H2,1-4H3;1H. The van der Waals surface area contributed by atoms with E-state index in [4.69, 9.17) is 0 Å². The van der Waals surface area contributed by atoms with Gasteiger partial charge in [-0.1, -0.05) is 27.7 Å². The van der Waals surface area contributed by atoms with Gasteiger partial charge in [0.1, 0.15) is 0 Å². The summed E-state index contributed by atoms with van der Waals surface area (Å²) in [5, 5.41) is 3.52. The molecule has 108 valence electrons. The molecule has 2 heterocycles. The van der Waals surface area contributed by atoms with Crippen LogP contribution in [-0.2, 0) is 0 Å². The molecule has 18 heavy (non-hydrogen) atoms. The number of hydrogen-bond donors (Lipinski definition) is 1. The first-order valence-electron chi connectivity index (χ1n) is 7.33. The summed E-state index contributed by atoms with van der Waals surface area (Å²) in [7, 11) is 0. The van der Waals surface area contributed by atoms with Gasteiger partial charge < -0.3 is 5.32 Å². The largest absolute Gasteiger partial charge is 0.316 e. The summed E-state index contributed by atoms with van der Waals surface area (Å²) < 4.78 is 0. The molecule has 3 heteroatoms. The summed E-state index contributed by atoms with van der Waals surface area (Å²) in [5.74, 6) is 0. The maximum atomic E-state index is 3.52. The van der Waals surface area contributed by atoms with Gasteiger partial charge in [0.05, 0.1) is 0 Å². The lowest BCUT2D eigenvalue weighted by Crippen LogP contribution is -2.41. The lowest BCUT2D eigenvalue weighted by atomic mass is 9.85. The molecule has 2 aliphatic heterocycles. The molecule has 0 aromatic heterocycles. The van der Waals surface area contributed by atoms with Gasteiger partial charge in [0.25, 0.3) is 0 Å². The zero-order valence-electron chi connectivity index (χ0n) is 12.6. The molecule has 0 amide bonds. The van der Waals surface area contributed by atoms with Crippen molar-refractivity contribution in [3.63, 3.8) is 0 Å². The van der Waals surface area contributed by atoms with Crippen molar-refractivity contribution in [2.24, 2.45) is 10.8 Å². The van der Waals surface area contributed by atoms with Crippen molar-refractivity contribution in [3.8, 4) is 0 Å². The Hall–Kier alpha value is 0.210. The molecule has 1 N–H and O–H groups in total. The number of nitrogens with one attached hydrogen (secondary N) is 1. The van der Waals surface area contributed by atoms with Crippen LogP contribution in [0.4, 0.5) is 0 Å². The van der Waals surface area contributed by atoms with Crippen molar-refractivity contribution < 1.29 is 0 Å². The van der Waals surface area contributed by atoms with E-state index in [2.05, 4.69) is 37.9 Å². The van der Waals surface area contributed by atoms with Crippen LogP contribution >= 0.6 is 12.4 Å². The average Bonchev–Trinajstić information content (AvgIpc) is 2.75. The number of nitrogens with zero attached hydrogens (tertiary/aromatic N) is 1. The van der Waals surface area contributed by atoms with Gasteiger partial charge >= 0.3 is 0 Å². The van der Waals surface area contributed by atoms with Gasteiger partial charge in [-0.05, 0) is 49.6 Å². The van der Waals surface area contributed by atoms with Crippen LogP contribution in [0.15, 0.2) is 0 Å². The van der Waals surface area contributed by atoms with Crippen LogP contribution in [0.3, 0.4) is 0 Å². The normalized spacial score (nSPS) is 33.7. The molecule has 2 saturated heterocycles. The van der Waals surface area contributed by atoms with Crippen LogP contribution in [-0.4, -0.2) is 37.1 Å². The van der Waals surface area contributed by atoms with E-state index in [1.807, 2.05) is 0 Å². The van der Waals surface area contributed by atoms with E-state index in [0.29, 0.717) is 10.8 Å². The van der Waals surface area contributed by atoms with Crippen LogP contribution < -0.4 is 5.32 Å². The SMILES string of the molecule is CC(C)(C)CC1CCCN1CC1(C)CCNC1.Cl. The van der Waals surface area contributed by atoms with E-state index in [1.54, 1.807) is 0 Å². The van der Waals surface area contributed by atoms with Crippen molar-refractivity contribution in [1.29, 1.82) is 0 Å². The molecule has 2 unspecified atom stereocenters. The van der Waals surface area contributed by atoms with Crippen LogP contribution in [0.5, 0.6) is 0 Å². The average molecular weight is 275 g/mol. The molecule has 0 bridgehead atoms. The highest BCUT2D eigenvalue weighted by Gasteiger charge is 2.35. The maximum absolute atomic E-state index is 3.52. The molecule has 2 aliphatic rings. The van der Waals surface area contributed by atoms with E-state index < -0.39 is 0 Å². The zero-order valence-corrected chi connectivity index (χ0v) is 13.4. The predicted molar refractivity (Wildman–Crippen MR) is 81.5 cm³/mol. The Balaban J connectivity index is 0.00000162. The van der Waals surface area contributed by atoms with Crippen molar-refractivity contribution in [1.82, 2.24) is 10.2 Å². The summed E-state index contributed by atoms with van der Waals surface area (Å²) in [6.45, 7) is 14.7. The maximum Gasteiger partial charge on any atom is 0.0101 e. The first-order chi connectivity index (χ1) is 7.88. The Morgan fingerprint density at radius 1 is 1.33 bits per heavy atom. The fraction of sp³-hybridized carbons (Fsp3) is 1.00. The number of rotatable bonds is 3. The van der Waals surface area contributed by atoms with Crippen LogP contribution in [0.2, 0.25) is 0 Å². The Morgan fingerprint density at radius 3 is 2.61 bits per heavy atom. The predicted octanol–water partition coefficient (Wildman–Crippen LogP) is 3.31. The summed E-state index contributed by atoms with van der Waals surface area (Å²) in [4.78, 5) is 2.78. The Labute approximate surface area is 119 Å². The van der Waals surface area contributed by atoms with Crippen molar-refractivity contribution in [2.75, 3.05) is 26.2 Å². The second-order valence-corrected chi connectivity index (χ2v) is 7.77. The van der Waals surface area contributed by atoms with Crippen LogP contribution in [0.1, 0.15) is 53.4 Å². The Kier molecular flexibility index (Phi) is 5.52. The van der Waals surface area contributed by atoms with Crippen molar-refractivity contribution >= 4 is 12.4 Å². The molecule has 2 atom stereocenters. The van der Waals surface area contributed by atoms with E-state index in [0.717, 1.165) is 6.04 Å². The fourth-order valence-corrected chi connectivity index (χ4v) is 3.54. The molecule has 2 fully saturated rings. The molecule has 2 nitrogen and oxygen atoms in total. The van der Waals surface area contributed by atoms with E-state index in [1.165, 1.54) is 51.9 Å². The van der Waals surface area contributed by atoms with Gasteiger partial charge in [0.2, 0.25) is 0 Å². The van der Waals surface area contributed by atoms with Gasteiger partial charge in [-0.3, -0.25) is 4.90 Å². The quantitative estimate of drug-likeness (QED) is 0.849. The first kappa shape index (κ1) is 16.3. The molecular weight excluding hydrogens is 244 g/mol. The highest BCUT2D eigenvalue weighted by Crippen LogP contribution is 2.34. The number of halogens is 1. The summed E-state index contributed by atoms with van der Waals surface area (Å²) >= 11 is 0. The van der Waals surface area contributed by atoms with Gasteiger partial charge in [-0.15, -0.1) is 12.4 Å². The minimum atomic E-state index is 0. The lowest BCUT2D eigenvalue weighted by Gasteiger charge is -2.35. The minimum absolute atomic E-state index is 0. The minimum Gasteiger partial charge on any atom is -0.316 e. The summed E-state index contributed by atoms with van der Waals surface area (Å²) in [5.41, 5.74) is 1.00. The fourth-order valence-electron chi connectivity index (χ4n) is 3.54. The third-order valence-electron chi connectivity index (χ3n) is 4.39. The van der Waals surface area contributed by atoms with E-state index in [9.17, 15) is 0 Å². The van der Waals surface area contributed by atoms with Crippen molar-refractivity contribution in [3.05, 3.63) is 0 Å². The molecular formula is C15H31ClN2. The second-order valence-electron chi connectivity index (χ2n) is 7.77. The van der Waals surface area contributed by atoms with E-state index >= 15 is 0 Å². The zero-order chi connectivity index (χ0) is 12.5. The molecule has 0 saturated carbocycles. The van der Waals surface area contributed by atoms with Gasteiger partial charge in [0, 0.05) is 19.1 Å². The smallest absolute Gasteiger partial charge is 0.0101 e. The molecule has 0 radical (unpaired) electrons. The highest BCUT2D eigenvalue weighted by molar-refractivity contribution is 5.85. The van der Waals surface area contributed by atoms with E-state index in [-0.39, 0.29) is 12.4 Å². The second kappa shape index (κ2) is 6.11. The third-order valence-corrected chi connectivity index (χ3v) is 4.39.